The molecule has 3 nitrogen and oxygen atoms in total. The summed E-state index contributed by atoms with van der Waals surface area (Å²) in [6.45, 7) is 6.82. The Morgan fingerprint density at radius 2 is 2.00 bits per heavy atom. The zero-order valence-corrected chi connectivity index (χ0v) is 12.7. The van der Waals surface area contributed by atoms with Crippen LogP contribution in [0.1, 0.15) is 36.4 Å². The summed E-state index contributed by atoms with van der Waals surface area (Å²) < 4.78 is 5.35. The van der Waals surface area contributed by atoms with E-state index < -0.39 is 0 Å². The number of ether oxygens (including phenoxy) is 1. The second-order valence-electron chi connectivity index (χ2n) is 6.14. The van der Waals surface area contributed by atoms with Crippen LogP contribution >= 0.6 is 0 Å². The molecule has 1 saturated carbocycles. The van der Waals surface area contributed by atoms with Gasteiger partial charge < -0.3 is 10.1 Å². The third kappa shape index (κ3) is 2.70. The smallest absolute Gasteiger partial charge is 0.119 e. The predicted molar refractivity (Wildman–Crippen MR) is 82.3 cm³/mol. The number of nitrogens with zero attached hydrogens (tertiary/aromatic N) is 1. The molecule has 20 heavy (non-hydrogen) atoms. The van der Waals surface area contributed by atoms with Gasteiger partial charge in [0, 0.05) is 32.2 Å². The Balaban J connectivity index is 1.87. The molecule has 1 saturated heterocycles. The number of rotatable bonds is 4. The molecule has 1 atom stereocenters. The number of aryl methyl sites for hydroxylation is 1. The average molecular weight is 274 g/mol. The van der Waals surface area contributed by atoms with Gasteiger partial charge in [-0.2, -0.15) is 0 Å². The molecule has 0 spiro atoms. The molecule has 0 unspecified atom stereocenters. The fraction of sp³-hybridized carbons (Fsp3) is 0.647. The molecule has 0 amide bonds. The molecular formula is C17H26N2O. The molecule has 3 rings (SSSR count). The van der Waals surface area contributed by atoms with Crippen LogP contribution in [0.2, 0.25) is 0 Å². The molecule has 1 aromatic carbocycles. The number of hydrogen-bond donors (Lipinski definition) is 1. The van der Waals surface area contributed by atoms with Gasteiger partial charge >= 0.3 is 0 Å². The van der Waals surface area contributed by atoms with Gasteiger partial charge in [0.1, 0.15) is 5.75 Å². The Morgan fingerprint density at radius 3 is 2.55 bits per heavy atom. The Labute approximate surface area is 122 Å². The van der Waals surface area contributed by atoms with Crippen LogP contribution in [-0.4, -0.2) is 38.2 Å². The first-order valence-corrected chi connectivity index (χ1v) is 7.89. The van der Waals surface area contributed by atoms with E-state index in [1.54, 1.807) is 7.11 Å². The minimum atomic E-state index is 0.608. The molecule has 0 radical (unpaired) electrons. The maximum Gasteiger partial charge on any atom is 0.119 e. The highest BCUT2D eigenvalue weighted by Gasteiger charge is 2.34. The second kappa shape index (κ2) is 6.15. The summed E-state index contributed by atoms with van der Waals surface area (Å²) in [7, 11) is 1.74. The molecule has 3 heteroatoms. The number of nitrogens with one attached hydrogen (secondary N) is 1. The summed E-state index contributed by atoms with van der Waals surface area (Å²) in [5, 5.41) is 3.47. The molecule has 0 aromatic heterocycles. The van der Waals surface area contributed by atoms with Crippen molar-refractivity contribution in [3.05, 3.63) is 29.3 Å². The average Bonchev–Trinajstić information content (AvgIpc) is 2.44. The van der Waals surface area contributed by atoms with Crippen LogP contribution in [0.3, 0.4) is 0 Å². The minimum absolute atomic E-state index is 0.608. The lowest BCUT2D eigenvalue weighted by molar-refractivity contribution is 0.0832. The lowest BCUT2D eigenvalue weighted by Gasteiger charge is -2.43. The highest BCUT2D eigenvalue weighted by molar-refractivity contribution is 5.37. The maximum atomic E-state index is 5.35. The van der Waals surface area contributed by atoms with Gasteiger partial charge in [0.15, 0.2) is 0 Å². The van der Waals surface area contributed by atoms with Gasteiger partial charge in [-0.15, -0.1) is 0 Å². The lowest BCUT2D eigenvalue weighted by Crippen LogP contribution is -2.48. The third-order valence-electron chi connectivity index (χ3n) is 4.94. The van der Waals surface area contributed by atoms with Crippen molar-refractivity contribution in [1.82, 2.24) is 10.2 Å². The molecule has 0 bridgehead atoms. The van der Waals surface area contributed by atoms with E-state index >= 15 is 0 Å². The van der Waals surface area contributed by atoms with Gasteiger partial charge in [0.25, 0.3) is 0 Å². The monoisotopic (exact) mass is 274 g/mol. The number of benzene rings is 1. The van der Waals surface area contributed by atoms with Gasteiger partial charge in [-0.1, -0.05) is 12.5 Å². The van der Waals surface area contributed by atoms with Gasteiger partial charge in [0.05, 0.1) is 7.11 Å². The van der Waals surface area contributed by atoms with E-state index in [-0.39, 0.29) is 0 Å². The van der Waals surface area contributed by atoms with Gasteiger partial charge in [-0.25, -0.2) is 0 Å². The molecule has 2 aliphatic rings. The Bertz CT molecular complexity index is 450. The van der Waals surface area contributed by atoms with Crippen molar-refractivity contribution in [3.63, 3.8) is 0 Å². The molecule has 110 valence electrons. The zero-order chi connectivity index (χ0) is 13.9. The Hall–Kier alpha value is -1.06. The summed E-state index contributed by atoms with van der Waals surface area (Å²) in [6.07, 6.45) is 4.18. The van der Waals surface area contributed by atoms with Gasteiger partial charge in [-0.3, -0.25) is 4.90 Å². The highest BCUT2D eigenvalue weighted by atomic mass is 16.5. The molecule has 1 N–H and O–H groups in total. The van der Waals surface area contributed by atoms with Crippen molar-refractivity contribution >= 4 is 0 Å². The standard InChI is InChI=1S/C17H26N2O/c1-13-12-15(20-2)6-7-16(13)17(14-4-3-5-14)19-10-8-18-9-11-19/h6-7,12,14,17-18H,3-5,8-11H2,1-2H3/t17-/m0/s1. The van der Waals surface area contributed by atoms with E-state index in [1.807, 2.05) is 0 Å². The summed E-state index contributed by atoms with van der Waals surface area (Å²) in [4.78, 5) is 2.69. The molecule has 2 fully saturated rings. The van der Waals surface area contributed by atoms with Crippen LogP contribution in [0.15, 0.2) is 18.2 Å². The van der Waals surface area contributed by atoms with Crippen LogP contribution in [0.4, 0.5) is 0 Å². The van der Waals surface area contributed by atoms with Crippen molar-refractivity contribution in [3.8, 4) is 5.75 Å². The number of methoxy groups -OCH3 is 1. The van der Waals surface area contributed by atoms with Crippen LogP contribution in [0, 0.1) is 12.8 Å². The highest BCUT2D eigenvalue weighted by Crippen LogP contribution is 2.42. The number of hydrogen-bond acceptors (Lipinski definition) is 3. The Morgan fingerprint density at radius 1 is 1.25 bits per heavy atom. The molecule has 1 aliphatic carbocycles. The molecule has 1 heterocycles. The zero-order valence-electron chi connectivity index (χ0n) is 12.7. The second-order valence-corrected chi connectivity index (χ2v) is 6.14. The first kappa shape index (κ1) is 13.9. The van der Waals surface area contributed by atoms with E-state index in [1.165, 1.54) is 43.5 Å². The first-order chi connectivity index (χ1) is 9.79. The fourth-order valence-electron chi connectivity index (χ4n) is 3.57. The van der Waals surface area contributed by atoms with E-state index in [0.717, 1.165) is 24.8 Å². The van der Waals surface area contributed by atoms with Crippen LogP contribution < -0.4 is 10.1 Å². The summed E-state index contributed by atoms with van der Waals surface area (Å²) in [5.41, 5.74) is 2.89. The van der Waals surface area contributed by atoms with Crippen LogP contribution in [0.25, 0.3) is 0 Å². The van der Waals surface area contributed by atoms with Crippen molar-refractivity contribution in [2.75, 3.05) is 33.3 Å². The van der Waals surface area contributed by atoms with E-state index in [2.05, 4.69) is 35.3 Å². The van der Waals surface area contributed by atoms with E-state index in [9.17, 15) is 0 Å². The van der Waals surface area contributed by atoms with E-state index in [0.29, 0.717) is 6.04 Å². The molecule has 1 aliphatic heterocycles. The lowest BCUT2D eigenvalue weighted by atomic mass is 9.75. The van der Waals surface area contributed by atoms with E-state index in [4.69, 9.17) is 4.74 Å². The van der Waals surface area contributed by atoms with Gasteiger partial charge in [0.2, 0.25) is 0 Å². The number of piperazine rings is 1. The third-order valence-corrected chi connectivity index (χ3v) is 4.94. The molecular weight excluding hydrogens is 248 g/mol. The maximum absolute atomic E-state index is 5.35. The quantitative estimate of drug-likeness (QED) is 0.913. The molecule has 1 aromatic rings. The SMILES string of the molecule is COc1ccc([C@H](C2CCC2)N2CCNCC2)c(C)c1. The van der Waals surface area contributed by atoms with Gasteiger partial charge in [-0.05, 0) is 48.9 Å². The van der Waals surface area contributed by atoms with Crippen LogP contribution in [-0.2, 0) is 0 Å². The largest absolute Gasteiger partial charge is 0.497 e. The van der Waals surface area contributed by atoms with Crippen molar-refractivity contribution in [2.45, 2.75) is 32.2 Å². The first-order valence-electron chi connectivity index (χ1n) is 7.89. The summed E-state index contributed by atoms with van der Waals surface area (Å²) in [5.74, 6) is 1.82. The van der Waals surface area contributed by atoms with Crippen LogP contribution in [0.5, 0.6) is 5.75 Å². The van der Waals surface area contributed by atoms with Crippen molar-refractivity contribution < 1.29 is 4.74 Å². The fourth-order valence-corrected chi connectivity index (χ4v) is 3.57. The summed E-state index contributed by atoms with van der Waals surface area (Å²) >= 11 is 0. The minimum Gasteiger partial charge on any atom is -0.497 e. The van der Waals surface area contributed by atoms with Crippen molar-refractivity contribution in [2.24, 2.45) is 5.92 Å². The normalized spacial score (nSPS) is 22.3. The summed E-state index contributed by atoms with van der Waals surface area (Å²) in [6, 6.07) is 7.20. The van der Waals surface area contributed by atoms with Crippen molar-refractivity contribution in [1.29, 1.82) is 0 Å². The topological polar surface area (TPSA) is 24.5 Å². The predicted octanol–water partition coefficient (Wildman–Crippen LogP) is 2.75. The Kier molecular flexibility index (Phi) is 4.27.